The summed E-state index contributed by atoms with van der Waals surface area (Å²) in [4.78, 5) is 26.3. The number of phenolic OH excluding ortho intramolecular Hbond substituents is 1. The third-order valence-corrected chi connectivity index (χ3v) is 6.44. The van der Waals surface area contributed by atoms with E-state index < -0.39 is 11.9 Å². The number of phenols is 1. The van der Waals surface area contributed by atoms with Crippen molar-refractivity contribution in [1.82, 2.24) is 5.32 Å². The number of ketones is 1. The number of Topliss-reactive ketones (excluding diaryl/α,β-unsaturated/α-hetero) is 1. The van der Waals surface area contributed by atoms with Crippen molar-refractivity contribution in [3.8, 4) is 11.5 Å². The molecule has 1 aliphatic carbocycles. The van der Waals surface area contributed by atoms with Gasteiger partial charge in [-0.3, -0.25) is 4.79 Å². The molecule has 33 heavy (non-hydrogen) atoms. The highest BCUT2D eigenvalue weighted by molar-refractivity contribution is 6.30. The molecule has 0 aromatic heterocycles. The first-order chi connectivity index (χ1) is 15.8. The van der Waals surface area contributed by atoms with E-state index in [4.69, 9.17) is 21.1 Å². The Kier molecular flexibility index (Phi) is 6.47. The van der Waals surface area contributed by atoms with Gasteiger partial charge in [0.1, 0.15) is 0 Å². The van der Waals surface area contributed by atoms with Gasteiger partial charge in [0.2, 0.25) is 0 Å². The fourth-order valence-corrected chi connectivity index (χ4v) is 4.83. The lowest BCUT2D eigenvalue weighted by Crippen LogP contribution is -2.36. The topological polar surface area (TPSA) is 84.9 Å². The summed E-state index contributed by atoms with van der Waals surface area (Å²) in [5.74, 6) is -0.842. The average Bonchev–Trinajstić information content (AvgIpc) is 2.79. The van der Waals surface area contributed by atoms with Crippen LogP contribution in [0.25, 0.3) is 0 Å². The van der Waals surface area contributed by atoms with Crippen LogP contribution in [-0.4, -0.2) is 30.6 Å². The van der Waals surface area contributed by atoms with Crippen LogP contribution >= 0.6 is 11.6 Å². The van der Waals surface area contributed by atoms with Gasteiger partial charge in [-0.2, -0.15) is 0 Å². The van der Waals surface area contributed by atoms with Gasteiger partial charge in [-0.25, -0.2) is 4.79 Å². The molecular weight excluding hydrogens is 442 g/mol. The minimum Gasteiger partial charge on any atom is -0.504 e. The van der Waals surface area contributed by atoms with Crippen LogP contribution < -0.4 is 10.1 Å². The van der Waals surface area contributed by atoms with E-state index in [1.54, 1.807) is 12.1 Å². The first-order valence-electron chi connectivity index (χ1n) is 10.9. The zero-order chi connectivity index (χ0) is 23.7. The predicted octanol–water partition coefficient (Wildman–Crippen LogP) is 4.98. The van der Waals surface area contributed by atoms with Crippen molar-refractivity contribution in [1.29, 1.82) is 0 Å². The first-order valence-corrected chi connectivity index (χ1v) is 11.2. The summed E-state index contributed by atoms with van der Waals surface area (Å²) in [6.45, 7) is 4.00. The van der Waals surface area contributed by atoms with E-state index in [9.17, 15) is 14.7 Å². The maximum atomic E-state index is 13.5. The Bertz CT molecular complexity index is 1170. The highest BCUT2D eigenvalue weighted by Gasteiger charge is 2.41. The summed E-state index contributed by atoms with van der Waals surface area (Å²) >= 11 is 6.04. The van der Waals surface area contributed by atoms with Crippen LogP contribution in [0.4, 0.5) is 0 Å². The number of ether oxygens (including phenoxy) is 2. The molecule has 2 aliphatic rings. The number of methoxy groups -OCH3 is 1. The molecule has 2 aromatic rings. The van der Waals surface area contributed by atoms with Gasteiger partial charge in [0.05, 0.1) is 19.3 Å². The number of carbonyl (C=O) groups excluding carboxylic acids is 2. The van der Waals surface area contributed by atoms with Crippen LogP contribution in [0.5, 0.6) is 11.5 Å². The number of carbonyl (C=O) groups is 2. The zero-order valence-corrected chi connectivity index (χ0v) is 19.5. The fraction of sp³-hybridized carbons (Fsp3) is 0.308. The van der Waals surface area contributed by atoms with Crippen molar-refractivity contribution in [2.45, 2.75) is 38.5 Å². The van der Waals surface area contributed by atoms with Crippen molar-refractivity contribution in [3.05, 3.63) is 81.2 Å². The Morgan fingerprint density at radius 2 is 1.85 bits per heavy atom. The second kappa shape index (κ2) is 9.32. The smallest absolute Gasteiger partial charge is 0.336 e. The van der Waals surface area contributed by atoms with Crippen LogP contribution in [0.1, 0.15) is 49.7 Å². The van der Waals surface area contributed by atoms with E-state index in [1.165, 1.54) is 13.2 Å². The lowest BCUT2D eigenvalue weighted by molar-refractivity contribution is -0.136. The number of halogens is 1. The maximum absolute atomic E-state index is 13.5. The molecule has 1 aliphatic heterocycles. The van der Waals surface area contributed by atoms with E-state index in [0.717, 1.165) is 11.3 Å². The Balaban J connectivity index is 1.81. The van der Waals surface area contributed by atoms with Crippen LogP contribution in [0, 0.1) is 0 Å². The summed E-state index contributed by atoms with van der Waals surface area (Å²) in [7, 11) is 1.32. The maximum Gasteiger partial charge on any atom is 0.336 e. The first kappa shape index (κ1) is 22.9. The molecule has 2 aromatic carbocycles. The molecule has 0 saturated carbocycles. The highest BCUT2D eigenvalue weighted by Crippen LogP contribution is 2.46. The van der Waals surface area contributed by atoms with Crippen molar-refractivity contribution >= 4 is 23.4 Å². The minimum atomic E-state index is -0.618. The lowest BCUT2D eigenvalue weighted by atomic mass is 9.71. The molecule has 0 spiro atoms. The minimum absolute atomic E-state index is 0.00169. The molecule has 0 radical (unpaired) electrons. The molecule has 172 valence electrons. The molecule has 0 fully saturated rings. The van der Waals surface area contributed by atoms with Crippen molar-refractivity contribution in [2.75, 3.05) is 13.7 Å². The molecule has 4 rings (SSSR count). The summed E-state index contributed by atoms with van der Waals surface area (Å²) in [6.07, 6.45) is 0.948. The third-order valence-electron chi connectivity index (χ3n) is 6.19. The highest BCUT2D eigenvalue weighted by atomic mass is 35.5. The summed E-state index contributed by atoms with van der Waals surface area (Å²) < 4.78 is 10.6. The number of nitrogens with one attached hydrogen (secondary N) is 1. The predicted molar refractivity (Wildman–Crippen MR) is 125 cm³/mol. The Hall–Kier alpha value is -3.25. The standard InChI is InChI=1S/C26H26ClNO5/c1-4-33-22-13-16(7-10-20(22)29)24-23(26(31)32-3)14(2)28-19-11-17(12-21(30)25(19)24)15-5-8-18(27)9-6-15/h5-10,13,17,24,28-29H,4,11-12H2,1-3H3/t17-,24-/m1/s1. The molecule has 1 heterocycles. The zero-order valence-electron chi connectivity index (χ0n) is 18.8. The van der Waals surface area contributed by atoms with Crippen LogP contribution in [0.3, 0.4) is 0 Å². The van der Waals surface area contributed by atoms with Crippen LogP contribution in [-0.2, 0) is 14.3 Å². The van der Waals surface area contributed by atoms with Gasteiger partial charge in [0, 0.05) is 34.3 Å². The number of aromatic hydroxyl groups is 1. The number of rotatable bonds is 5. The molecule has 0 bridgehead atoms. The average molecular weight is 468 g/mol. The number of esters is 1. The van der Waals surface area contributed by atoms with E-state index in [-0.39, 0.29) is 17.5 Å². The van der Waals surface area contributed by atoms with Gasteiger partial charge >= 0.3 is 5.97 Å². The van der Waals surface area contributed by atoms with Crippen molar-refractivity contribution in [3.63, 3.8) is 0 Å². The van der Waals surface area contributed by atoms with Crippen LogP contribution in [0.2, 0.25) is 5.02 Å². The van der Waals surface area contributed by atoms with Gasteiger partial charge < -0.3 is 19.9 Å². The molecule has 0 unspecified atom stereocenters. The fourth-order valence-electron chi connectivity index (χ4n) is 4.70. The quantitative estimate of drug-likeness (QED) is 0.603. The van der Waals surface area contributed by atoms with Gasteiger partial charge in [-0.1, -0.05) is 29.8 Å². The van der Waals surface area contributed by atoms with Crippen LogP contribution in [0.15, 0.2) is 65.0 Å². The van der Waals surface area contributed by atoms with Crippen molar-refractivity contribution < 1.29 is 24.2 Å². The molecule has 2 atom stereocenters. The molecule has 7 heteroatoms. The second-order valence-electron chi connectivity index (χ2n) is 8.22. The molecule has 2 N–H and O–H groups in total. The summed E-state index contributed by atoms with van der Waals surface area (Å²) in [5.41, 5.74) is 4.10. The molecule has 6 nitrogen and oxygen atoms in total. The molecule has 0 saturated heterocycles. The molecule has 0 amide bonds. The van der Waals surface area contributed by atoms with E-state index >= 15 is 0 Å². The number of allylic oxidation sites excluding steroid dienone is 3. The van der Waals surface area contributed by atoms with E-state index in [1.807, 2.05) is 38.1 Å². The van der Waals surface area contributed by atoms with E-state index in [0.29, 0.717) is 52.6 Å². The van der Waals surface area contributed by atoms with Gasteiger partial charge in [-0.05, 0) is 61.6 Å². The Labute approximate surface area is 197 Å². The number of benzene rings is 2. The largest absolute Gasteiger partial charge is 0.504 e. The number of hydrogen-bond acceptors (Lipinski definition) is 6. The Morgan fingerprint density at radius 3 is 2.52 bits per heavy atom. The van der Waals surface area contributed by atoms with Gasteiger partial charge in [-0.15, -0.1) is 0 Å². The second-order valence-corrected chi connectivity index (χ2v) is 8.66. The summed E-state index contributed by atoms with van der Waals surface area (Å²) in [5, 5.41) is 14.1. The van der Waals surface area contributed by atoms with Crippen molar-refractivity contribution in [2.24, 2.45) is 0 Å². The SMILES string of the molecule is CCOc1cc([C@@H]2C(C(=O)OC)=C(C)NC3=C2C(=O)C[C@H](c2ccc(Cl)cc2)C3)ccc1O. The number of dihydropyridines is 1. The third kappa shape index (κ3) is 4.35. The number of hydrogen-bond donors (Lipinski definition) is 2. The van der Waals surface area contributed by atoms with Gasteiger partial charge in [0.25, 0.3) is 0 Å². The normalized spacial score (nSPS) is 20.3. The molecular formula is C26H26ClNO5. The van der Waals surface area contributed by atoms with Gasteiger partial charge in [0.15, 0.2) is 17.3 Å². The van der Waals surface area contributed by atoms with E-state index in [2.05, 4.69) is 5.32 Å². The monoisotopic (exact) mass is 467 g/mol. The lowest BCUT2D eigenvalue weighted by Gasteiger charge is -2.36. The Morgan fingerprint density at radius 1 is 1.15 bits per heavy atom. The summed E-state index contributed by atoms with van der Waals surface area (Å²) in [6, 6.07) is 12.5.